The maximum absolute atomic E-state index is 5.46. The molecule has 1 atom stereocenters. The molecule has 2 fully saturated rings. The Bertz CT molecular complexity index is 186. The molecule has 0 bridgehead atoms. The van der Waals surface area contributed by atoms with Gasteiger partial charge in [-0.25, -0.2) is 0 Å². The van der Waals surface area contributed by atoms with Crippen molar-refractivity contribution in [2.45, 2.75) is 50.6 Å². The molecule has 1 saturated carbocycles. The number of nitrogens with zero attached hydrogens (tertiary/aromatic N) is 1. The average Bonchev–Trinajstić information content (AvgIpc) is 2.84. The molecule has 0 aromatic carbocycles. The van der Waals surface area contributed by atoms with Gasteiger partial charge in [0, 0.05) is 31.8 Å². The van der Waals surface area contributed by atoms with Crippen molar-refractivity contribution in [1.29, 1.82) is 0 Å². The fourth-order valence-corrected chi connectivity index (χ4v) is 2.87. The van der Waals surface area contributed by atoms with Crippen molar-refractivity contribution in [2.75, 3.05) is 33.4 Å². The van der Waals surface area contributed by atoms with Crippen molar-refractivity contribution in [3.05, 3.63) is 0 Å². The molecule has 1 N–H and O–H groups in total. The minimum absolute atomic E-state index is 0.603. The fourth-order valence-electron chi connectivity index (χ4n) is 2.87. The van der Waals surface area contributed by atoms with Crippen LogP contribution in [0.25, 0.3) is 0 Å². The van der Waals surface area contributed by atoms with Crippen LogP contribution in [0.15, 0.2) is 0 Å². The number of rotatable bonds is 5. The van der Waals surface area contributed by atoms with Gasteiger partial charge in [-0.1, -0.05) is 12.8 Å². The molecular formula is C13H26N2O. The molecular weight excluding hydrogens is 200 g/mol. The van der Waals surface area contributed by atoms with Crippen molar-refractivity contribution in [3.63, 3.8) is 0 Å². The van der Waals surface area contributed by atoms with Gasteiger partial charge in [0.2, 0.25) is 0 Å². The number of hydrogen-bond donors (Lipinski definition) is 1. The molecule has 0 aromatic heterocycles. The summed E-state index contributed by atoms with van der Waals surface area (Å²) in [4.78, 5) is 2.53. The Labute approximate surface area is 99.5 Å². The SMILES string of the molecule is CN(CCNC1CCCOC1)C1CCCC1. The number of likely N-dealkylation sites (N-methyl/N-ethyl adjacent to an activating group) is 1. The maximum atomic E-state index is 5.46. The van der Waals surface area contributed by atoms with Crippen molar-refractivity contribution < 1.29 is 4.74 Å². The van der Waals surface area contributed by atoms with Gasteiger partial charge in [0.25, 0.3) is 0 Å². The van der Waals surface area contributed by atoms with E-state index in [1.165, 1.54) is 45.1 Å². The highest BCUT2D eigenvalue weighted by Crippen LogP contribution is 2.21. The quantitative estimate of drug-likeness (QED) is 0.771. The third kappa shape index (κ3) is 3.72. The Hall–Kier alpha value is -0.120. The molecule has 0 aromatic rings. The van der Waals surface area contributed by atoms with Crippen LogP contribution in [0.2, 0.25) is 0 Å². The maximum Gasteiger partial charge on any atom is 0.0619 e. The van der Waals surface area contributed by atoms with E-state index >= 15 is 0 Å². The topological polar surface area (TPSA) is 24.5 Å². The molecule has 94 valence electrons. The highest BCUT2D eigenvalue weighted by atomic mass is 16.5. The molecule has 1 unspecified atom stereocenters. The van der Waals surface area contributed by atoms with Gasteiger partial charge in [-0.05, 0) is 32.7 Å². The standard InChI is InChI=1S/C13H26N2O/c1-15(13-6-2-3-7-13)9-8-14-12-5-4-10-16-11-12/h12-14H,2-11H2,1H3. The summed E-state index contributed by atoms with van der Waals surface area (Å²) < 4.78 is 5.46. The second-order valence-corrected chi connectivity index (χ2v) is 5.29. The average molecular weight is 226 g/mol. The van der Waals surface area contributed by atoms with Gasteiger partial charge < -0.3 is 15.0 Å². The summed E-state index contributed by atoms with van der Waals surface area (Å²) in [6, 6.07) is 1.45. The molecule has 1 saturated heterocycles. The Kier molecular flexibility index (Phi) is 5.07. The van der Waals surface area contributed by atoms with Crippen LogP contribution in [-0.4, -0.2) is 50.3 Å². The highest BCUT2D eigenvalue weighted by molar-refractivity contribution is 4.76. The van der Waals surface area contributed by atoms with Gasteiger partial charge in [0.15, 0.2) is 0 Å². The summed E-state index contributed by atoms with van der Waals surface area (Å²) in [6.45, 7) is 4.16. The van der Waals surface area contributed by atoms with E-state index in [4.69, 9.17) is 4.74 Å². The van der Waals surface area contributed by atoms with E-state index in [0.717, 1.165) is 25.8 Å². The van der Waals surface area contributed by atoms with Crippen molar-refractivity contribution in [3.8, 4) is 0 Å². The molecule has 16 heavy (non-hydrogen) atoms. The summed E-state index contributed by atoms with van der Waals surface area (Å²) in [5, 5.41) is 3.61. The molecule has 2 rings (SSSR count). The van der Waals surface area contributed by atoms with Crippen LogP contribution < -0.4 is 5.32 Å². The lowest BCUT2D eigenvalue weighted by Crippen LogP contribution is -2.42. The van der Waals surface area contributed by atoms with Crippen LogP contribution in [-0.2, 0) is 4.74 Å². The Morgan fingerprint density at radius 1 is 1.19 bits per heavy atom. The summed E-state index contributed by atoms with van der Waals surface area (Å²) in [5.74, 6) is 0. The van der Waals surface area contributed by atoms with E-state index in [1.54, 1.807) is 0 Å². The number of ether oxygens (including phenoxy) is 1. The Balaban J connectivity index is 1.56. The van der Waals surface area contributed by atoms with E-state index in [2.05, 4.69) is 17.3 Å². The van der Waals surface area contributed by atoms with Gasteiger partial charge in [0.05, 0.1) is 6.61 Å². The molecule has 1 aliphatic heterocycles. The van der Waals surface area contributed by atoms with Crippen LogP contribution in [0.3, 0.4) is 0 Å². The van der Waals surface area contributed by atoms with E-state index in [-0.39, 0.29) is 0 Å². The molecule has 3 heteroatoms. The van der Waals surface area contributed by atoms with E-state index in [0.29, 0.717) is 6.04 Å². The first-order chi connectivity index (χ1) is 7.86. The Morgan fingerprint density at radius 3 is 2.69 bits per heavy atom. The molecule has 1 heterocycles. The zero-order valence-electron chi connectivity index (χ0n) is 10.6. The van der Waals surface area contributed by atoms with Crippen LogP contribution in [0.1, 0.15) is 38.5 Å². The van der Waals surface area contributed by atoms with Crippen molar-refractivity contribution in [2.24, 2.45) is 0 Å². The first kappa shape index (κ1) is 12.3. The van der Waals surface area contributed by atoms with Crippen molar-refractivity contribution in [1.82, 2.24) is 10.2 Å². The second kappa shape index (κ2) is 6.58. The predicted octanol–water partition coefficient (Wildman–Crippen LogP) is 1.63. The molecule has 2 aliphatic rings. The lowest BCUT2D eigenvalue weighted by atomic mass is 10.1. The first-order valence-electron chi connectivity index (χ1n) is 6.87. The zero-order chi connectivity index (χ0) is 11.2. The van der Waals surface area contributed by atoms with Crippen molar-refractivity contribution >= 4 is 0 Å². The van der Waals surface area contributed by atoms with E-state index in [1.807, 2.05) is 0 Å². The molecule has 1 aliphatic carbocycles. The minimum Gasteiger partial charge on any atom is -0.380 e. The molecule has 0 spiro atoms. The monoisotopic (exact) mass is 226 g/mol. The fraction of sp³-hybridized carbons (Fsp3) is 1.00. The summed E-state index contributed by atoms with van der Waals surface area (Å²) >= 11 is 0. The zero-order valence-corrected chi connectivity index (χ0v) is 10.6. The van der Waals surface area contributed by atoms with Gasteiger partial charge in [-0.3, -0.25) is 0 Å². The van der Waals surface area contributed by atoms with Gasteiger partial charge in [0.1, 0.15) is 0 Å². The van der Waals surface area contributed by atoms with Crippen LogP contribution in [0.4, 0.5) is 0 Å². The smallest absolute Gasteiger partial charge is 0.0619 e. The third-order valence-corrected chi connectivity index (χ3v) is 4.01. The van der Waals surface area contributed by atoms with Crippen LogP contribution in [0.5, 0.6) is 0 Å². The molecule has 0 amide bonds. The number of nitrogens with one attached hydrogen (secondary N) is 1. The normalized spacial score (nSPS) is 27.8. The molecule has 0 radical (unpaired) electrons. The summed E-state index contributed by atoms with van der Waals surface area (Å²) in [7, 11) is 2.27. The lowest BCUT2D eigenvalue weighted by molar-refractivity contribution is 0.0693. The van der Waals surface area contributed by atoms with E-state index in [9.17, 15) is 0 Å². The molecule has 3 nitrogen and oxygen atoms in total. The van der Waals surface area contributed by atoms with Gasteiger partial charge >= 0.3 is 0 Å². The summed E-state index contributed by atoms with van der Waals surface area (Å²) in [5.41, 5.74) is 0. The van der Waals surface area contributed by atoms with Gasteiger partial charge in [-0.15, -0.1) is 0 Å². The summed E-state index contributed by atoms with van der Waals surface area (Å²) in [6.07, 6.45) is 8.17. The second-order valence-electron chi connectivity index (χ2n) is 5.29. The van der Waals surface area contributed by atoms with Crippen LogP contribution in [0, 0.1) is 0 Å². The highest BCUT2D eigenvalue weighted by Gasteiger charge is 2.19. The van der Waals surface area contributed by atoms with E-state index < -0.39 is 0 Å². The lowest BCUT2D eigenvalue weighted by Gasteiger charge is -2.27. The van der Waals surface area contributed by atoms with Crippen LogP contribution >= 0.6 is 0 Å². The third-order valence-electron chi connectivity index (χ3n) is 4.01. The number of hydrogen-bond acceptors (Lipinski definition) is 3. The first-order valence-corrected chi connectivity index (χ1v) is 6.87. The largest absolute Gasteiger partial charge is 0.380 e. The predicted molar refractivity (Wildman–Crippen MR) is 66.7 cm³/mol. The minimum atomic E-state index is 0.603. The Morgan fingerprint density at radius 2 is 2.00 bits per heavy atom. The van der Waals surface area contributed by atoms with Gasteiger partial charge in [-0.2, -0.15) is 0 Å².